The second kappa shape index (κ2) is 7.16. The number of nitrogens with zero attached hydrogens (tertiary/aromatic N) is 2. The summed E-state index contributed by atoms with van der Waals surface area (Å²) >= 11 is 0.927. The lowest BCUT2D eigenvalue weighted by Crippen LogP contribution is -2.17. The van der Waals surface area contributed by atoms with Gasteiger partial charge in [-0.3, -0.25) is 4.79 Å². The van der Waals surface area contributed by atoms with Crippen LogP contribution in [0.3, 0.4) is 0 Å². The number of hydrogen-bond donors (Lipinski definition) is 0. The van der Waals surface area contributed by atoms with Crippen molar-refractivity contribution in [2.24, 2.45) is 4.99 Å². The van der Waals surface area contributed by atoms with E-state index in [1.54, 1.807) is 0 Å². The Balaban J connectivity index is 2.26. The molecule has 0 saturated heterocycles. The van der Waals surface area contributed by atoms with Crippen molar-refractivity contribution < 1.29 is 22.0 Å². The molecule has 9 heteroatoms. The highest BCUT2D eigenvalue weighted by atomic mass is 32.2. The van der Waals surface area contributed by atoms with Crippen LogP contribution in [0.15, 0.2) is 58.9 Å². The van der Waals surface area contributed by atoms with Gasteiger partial charge in [0, 0.05) is 18.9 Å². The van der Waals surface area contributed by atoms with Gasteiger partial charge >= 0.3 is 0 Å². The Kier molecular flexibility index (Phi) is 5.07. The molecule has 0 aliphatic rings. The molecule has 0 N–H and O–H groups in total. The zero-order valence-electron chi connectivity index (χ0n) is 14.1. The van der Waals surface area contributed by atoms with Crippen LogP contribution in [0.25, 0.3) is 10.2 Å². The second-order valence-corrected chi connectivity index (χ2v) is 8.70. The van der Waals surface area contributed by atoms with Crippen molar-refractivity contribution in [2.75, 3.05) is 6.26 Å². The smallest absolute Gasteiger partial charge is 0.280 e. The fraction of sp³-hybridized carbons (Fsp3) is 0.111. The molecule has 0 aliphatic heterocycles. The summed E-state index contributed by atoms with van der Waals surface area (Å²) in [6.45, 7) is 3.74. The third-order valence-electron chi connectivity index (χ3n) is 3.72. The van der Waals surface area contributed by atoms with Crippen molar-refractivity contribution in [3.8, 4) is 0 Å². The summed E-state index contributed by atoms with van der Waals surface area (Å²) in [7, 11) is -3.64. The normalized spacial score (nSPS) is 12.5. The first kappa shape index (κ1) is 19.1. The molecule has 5 nitrogen and oxygen atoms in total. The number of aromatic nitrogens is 1. The predicted molar refractivity (Wildman–Crippen MR) is 99.4 cm³/mol. The fourth-order valence-corrected chi connectivity index (χ4v) is 4.58. The number of rotatable bonds is 4. The summed E-state index contributed by atoms with van der Waals surface area (Å²) in [5, 5.41) is 0. The minimum absolute atomic E-state index is 0.0886. The van der Waals surface area contributed by atoms with Gasteiger partial charge in [0.05, 0.1) is 20.7 Å². The second-order valence-electron chi connectivity index (χ2n) is 5.70. The lowest BCUT2D eigenvalue weighted by atomic mass is 10.2. The van der Waals surface area contributed by atoms with Crippen LogP contribution in [0.4, 0.5) is 8.78 Å². The molecule has 1 amide bonds. The molecule has 2 aromatic carbocycles. The summed E-state index contributed by atoms with van der Waals surface area (Å²) in [6.07, 6.45) is 2.48. The molecule has 3 aromatic rings. The Labute approximate surface area is 157 Å². The minimum atomic E-state index is -3.64. The maximum atomic E-state index is 14.2. The lowest BCUT2D eigenvalue weighted by molar-refractivity contribution is 0.0994. The van der Waals surface area contributed by atoms with Gasteiger partial charge in [-0.15, -0.1) is 6.58 Å². The van der Waals surface area contributed by atoms with Crippen molar-refractivity contribution in [3.63, 3.8) is 0 Å². The molecule has 0 aliphatic carbocycles. The quantitative estimate of drug-likeness (QED) is 0.622. The first-order valence-electron chi connectivity index (χ1n) is 7.70. The average molecular weight is 408 g/mol. The largest absolute Gasteiger partial charge is 0.310 e. The van der Waals surface area contributed by atoms with Gasteiger partial charge < -0.3 is 4.57 Å². The highest BCUT2D eigenvalue weighted by Crippen LogP contribution is 2.23. The SMILES string of the molecule is C=CCn1c(=NC(=O)c2ccccc2S(C)(=O)=O)sc2cc(F)cc(F)c21. The van der Waals surface area contributed by atoms with Gasteiger partial charge in [0.25, 0.3) is 5.91 Å². The number of benzene rings is 2. The zero-order chi connectivity index (χ0) is 19.8. The Morgan fingerprint density at radius 2 is 2.00 bits per heavy atom. The maximum Gasteiger partial charge on any atom is 0.280 e. The Hall–Kier alpha value is -2.65. The number of fused-ring (bicyclic) bond motifs is 1. The number of sulfone groups is 1. The molecular weight excluding hydrogens is 394 g/mol. The van der Waals surface area contributed by atoms with Crippen molar-refractivity contribution in [3.05, 3.63) is 71.1 Å². The topological polar surface area (TPSA) is 68.5 Å². The third-order valence-corrected chi connectivity index (χ3v) is 5.90. The van der Waals surface area contributed by atoms with Gasteiger partial charge in [0.15, 0.2) is 20.5 Å². The van der Waals surface area contributed by atoms with Crippen molar-refractivity contribution >= 4 is 37.3 Å². The molecule has 140 valence electrons. The van der Waals surface area contributed by atoms with E-state index in [4.69, 9.17) is 0 Å². The summed E-state index contributed by atoms with van der Waals surface area (Å²) < 4.78 is 53.2. The highest BCUT2D eigenvalue weighted by Gasteiger charge is 2.19. The van der Waals surface area contributed by atoms with Crippen molar-refractivity contribution in [1.82, 2.24) is 4.57 Å². The molecule has 0 spiro atoms. The van der Waals surface area contributed by atoms with Crippen LogP contribution < -0.4 is 4.80 Å². The molecular formula is C18H14F2N2O3S2. The number of allylic oxidation sites excluding steroid dienone is 1. The van der Waals surface area contributed by atoms with Gasteiger partial charge in [0.2, 0.25) is 0 Å². The molecule has 1 aromatic heterocycles. The monoisotopic (exact) mass is 408 g/mol. The number of carbonyl (C=O) groups is 1. The number of carbonyl (C=O) groups excluding carboxylic acids is 1. The van der Waals surface area contributed by atoms with Gasteiger partial charge in [-0.25, -0.2) is 17.2 Å². The van der Waals surface area contributed by atoms with E-state index in [2.05, 4.69) is 11.6 Å². The maximum absolute atomic E-state index is 14.2. The molecule has 27 heavy (non-hydrogen) atoms. The predicted octanol–water partition coefficient (Wildman–Crippen LogP) is 3.31. The number of hydrogen-bond acceptors (Lipinski definition) is 4. The van der Waals surface area contributed by atoms with Crippen molar-refractivity contribution in [1.29, 1.82) is 0 Å². The molecule has 1 heterocycles. The number of thiazole rings is 1. The van der Waals surface area contributed by atoms with E-state index in [1.807, 2.05) is 0 Å². The van der Waals surface area contributed by atoms with Crippen LogP contribution in [-0.4, -0.2) is 25.1 Å². The molecule has 0 atom stereocenters. The first-order chi connectivity index (χ1) is 12.7. The van der Waals surface area contributed by atoms with E-state index in [1.165, 1.54) is 34.9 Å². The van der Waals surface area contributed by atoms with Gasteiger partial charge in [0.1, 0.15) is 5.82 Å². The first-order valence-corrected chi connectivity index (χ1v) is 10.4. The minimum Gasteiger partial charge on any atom is -0.310 e. The van der Waals surface area contributed by atoms with Gasteiger partial charge in [-0.2, -0.15) is 4.99 Å². The van der Waals surface area contributed by atoms with E-state index >= 15 is 0 Å². The van der Waals surface area contributed by atoms with Crippen LogP contribution in [0, 0.1) is 11.6 Å². The molecule has 0 unspecified atom stereocenters. The standard InChI is InChI=1S/C18H14F2N2O3S2/c1-3-8-22-16-13(20)9-11(19)10-14(16)26-18(22)21-17(23)12-6-4-5-7-15(12)27(2,24)25/h3-7,9-10H,1,8H2,2H3. The highest BCUT2D eigenvalue weighted by molar-refractivity contribution is 7.90. The van der Waals surface area contributed by atoms with Gasteiger partial charge in [-0.1, -0.05) is 29.5 Å². The fourth-order valence-electron chi connectivity index (χ4n) is 2.63. The summed E-state index contributed by atoms with van der Waals surface area (Å²) in [6, 6.07) is 7.59. The third kappa shape index (κ3) is 3.74. The van der Waals surface area contributed by atoms with Gasteiger partial charge in [-0.05, 0) is 18.2 Å². The number of halogens is 2. The van der Waals surface area contributed by atoms with E-state index in [9.17, 15) is 22.0 Å². The summed E-state index contributed by atoms with van der Waals surface area (Å²) in [5.74, 6) is -2.32. The average Bonchev–Trinajstić information content (AvgIpc) is 2.91. The molecule has 0 saturated carbocycles. The van der Waals surface area contributed by atoms with E-state index in [0.29, 0.717) is 0 Å². The Morgan fingerprint density at radius 3 is 2.67 bits per heavy atom. The zero-order valence-corrected chi connectivity index (χ0v) is 15.8. The van der Waals surface area contributed by atoms with E-state index < -0.39 is 27.4 Å². The summed E-state index contributed by atoms with van der Waals surface area (Å²) in [5.41, 5.74) is 0.0125. The van der Waals surface area contributed by atoms with Crippen LogP contribution in [-0.2, 0) is 16.4 Å². The molecule has 0 radical (unpaired) electrons. The van der Waals surface area contributed by atoms with Crippen LogP contribution in [0.5, 0.6) is 0 Å². The number of amides is 1. The summed E-state index contributed by atoms with van der Waals surface area (Å²) in [4.78, 5) is 16.6. The molecule has 0 bridgehead atoms. The lowest BCUT2D eigenvalue weighted by Gasteiger charge is -2.04. The molecule has 3 rings (SSSR count). The van der Waals surface area contributed by atoms with E-state index in [0.717, 1.165) is 29.7 Å². The van der Waals surface area contributed by atoms with Crippen LogP contribution in [0.2, 0.25) is 0 Å². The Morgan fingerprint density at radius 1 is 1.30 bits per heavy atom. The van der Waals surface area contributed by atoms with Crippen LogP contribution in [0.1, 0.15) is 10.4 Å². The van der Waals surface area contributed by atoms with E-state index in [-0.39, 0.29) is 32.0 Å². The molecule has 0 fully saturated rings. The Bertz CT molecular complexity index is 1240. The van der Waals surface area contributed by atoms with Crippen LogP contribution >= 0.6 is 11.3 Å². The van der Waals surface area contributed by atoms with Crippen molar-refractivity contribution in [2.45, 2.75) is 11.4 Å².